The Balaban J connectivity index is 1.26. The predicted molar refractivity (Wildman–Crippen MR) is 137 cm³/mol. The molecule has 37 heavy (non-hydrogen) atoms. The molecule has 10 heteroatoms. The first-order valence-corrected chi connectivity index (χ1v) is 12.5. The van der Waals surface area contributed by atoms with Gasteiger partial charge in [-0.2, -0.15) is 10.1 Å². The van der Waals surface area contributed by atoms with Crippen LogP contribution < -0.4 is 10.1 Å². The summed E-state index contributed by atoms with van der Waals surface area (Å²) in [6, 6.07) is 10.5. The number of rotatable bonds is 7. The monoisotopic (exact) mass is 499 g/mol. The summed E-state index contributed by atoms with van der Waals surface area (Å²) in [6.45, 7) is 3.75. The topological polar surface area (TPSA) is 111 Å². The summed E-state index contributed by atoms with van der Waals surface area (Å²) in [7, 11) is 3.44. The van der Waals surface area contributed by atoms with Crippen LogP contribution in [-0.4, -0.2) is 63.0 Å². The number of carbonyl (C=O) groups is 1. The van der Waals surface area contributed by atoms with Crippen molar-refractivity contribution < 1.29 is 14.1 Å². The van der Waals surface area contributed by atoms with Crippen molar-refractivity contribution in [2.45, 2.75) is 31.7 Å². The van der Waals surface area contributed by atoms with E-state index < -0.39 is 0 Å². The molecule has 6 rings (SSSR count). The maximum Gasteiger partial charge on any atom is 0.261 e. The van der Waals surface area contributed by atoms with Gasteiger partial charge in [0, 0.05) is 32.1 Å². The number of benzene rings is 1. The fraction of sp³-hybridized carbons (Fsp3) is 0.370. The third-order valence-electron chi connectivity index (χ3n) is 7.28. The van der Waals surface area contributed by atoms with Gasteiger partial charge in [-0.05, 0) is 42.9 Å². The molecular formula is C27H29N7O3. The zero-order chi connectivity index (χ0) is 25.6. The first-order valence-electron chi connectivity index (χ1n) is 12.5. The average molecular weight is 500 g/mol. The molecular weight excluding hydrogens is 470 g/mol. The molecule has 1 fully saturated rings. The Hall–Kier alpha value is -4.21. The lowest BCUT2D eigenvalue weighted by molar-refractivity contribution is -0.129. The highest BCUT2D eigenvalue weighted by atomic mass is 16.5. The van der Waals surface area contributed by atoms with E-state index in [9.17, 15) is 4.79 Å². The number of fused-ring (bicyclic) bond motifs is 1. The average Bonchev–Trinajstić information content (AvgIpc) is 3.48. The van der Waals surface area contributed by atoms with E-state index >= 15 is 0 Å². The van der Waals surface area contributed by atoms with Gasteiger partial charge in [0.05, 0.1) is 23.7 Å². The molecule has 2 aliphatic rings. The molecule has 1 aliphatic carbocycles. The lowest BCUT2D eigenvalue weighted by atomic mass is 9.76. The van der Waals surface area contributed by atoms with Gasteiger partial charge in [0.25, 0.3) is 5.89 Å². The molecule has 0 bridgehead atoms. The molecule has 1 aromatic carbocycles. The Morgan fingerprint density at radius 2 is 1.97 bits per heavy atom. The lowest BCUT2D eigenvalue weighted by Gasteiger charge is -2.27. The van der Waals surface area contributed by atoms with Crippen LogP contribution in [0.3, 0.4) is 0 Å². The molecule has 1 saturated carbocycles. The van der Waals surface area contributed by atoms with Crippen molar-refractivity contribution in [1.82, 2.24) is 29.8 Å². The van der Waals surface area contributed by atoms with Crippen LogP contribution in [-0.2, 0) is 16.8 Å². The number of nitrogens with zero attached hydrogens (tertiary/aromatic N) is 6. The van der Waals surface area contributed by atoms with E-state index in [0.717, 1.165) is 47.6 Å². The van der Waals surface area contributed by atoms with Crippen molar-refractivity contribution >= 4 is 11.7 Å². The maximum absolute atomic E-state index is 12.0. The van der Waals surface area contributed by atoms with Crippen molar-refractivity contribution in [3.8, 4) is 28.3 Å². The number of likely N-dealkylation sites (N-methyl/N-ethyl adjacent to an activating group) is 1. The molecule has 0 saturated heterocycles. The molecule has 10 nitrogen and oxygen atoms in total. The minimum Gasteiger partial charge on any atom is -0.488 e. The number of hydrogen-bond donors (Lipinski definition) is 1. The van der Waals surface area contributed by atoms with Gasteiger partial charge in [0.15, 0.2) is 17.4 Å². The number of pyridine rings is 1. The van der Waals surface area contributed by atoms with Crippen LogP contribution in [0.5, 0.6) is 5.75 Å². The van der Waals surface area contributed by atoms with E-state index in [1.54, 1.807) is 31.2 Å². The molecule has 1 amide bonds. The molecule has 190 valence electrons. The van der Waals surface area contributed by atoms with E-state index in [0.29, 0.717) is 29.8 Å². The summed E-state index contributed by atoms with van der Waals surface area (Å²) in [4.78, 5) is 22.8. The third kappa shape index (κ3) is 4.32. The summed E-state index contributed by atoms with van der Waals surface area (Å²) in [6.07, 6.45) is 7.51. The Bertz CT molecular complexity index is 1440. The molecule has 3 aromatic heterocycles. The van der Waals surface area contributed by atoms with Crippen LogP contribution in [0.1, 0.15) is 31.2 Å². The van der Waals surface area contributed by atoms with Crippen molar-refractivity contribution in [2.75, 3.05) is 32.6 Å². The Morgan fingerprint density at radius 1 is 1.16 bits per heavy atom. The van der Waals surface area contributed by atoms with Gasteiger partial charge < -0.3 is 19.5 Å². The second-order valence-corrected chi connectivity index (χ2v) is 10.0. The summed E-state index contributed by atoms with van der Waals surface area (Å²) in [5.41, 5.74) is 3.53. The van der Waals surface area contributed by atoms with Crippen LogP contribution in [0.4, 0.5) is 5.82 Å². The van der Waals surface area contributed by atoms with Crippen molar-refractivity contribution in [3.05, 3.63) is 60.3 Å². The number of anilines is 1. The molecule has 4 aromatic rings. The number of carbonyl (C=O) groups excluding carboxylic acids is 1. The van der Waals surface area contributed by atoms with Crippen LogP contribution in [0, 0.1) is 5.92 Å². The number of aromatic nitrogens is 5. The second-order valence-electron chi connectivity index (χ2n) is 10.0. The molecule has 1 aliphatic heterocycles. The van der Waals surface area contributed by atoms with E-state index in [2.05, 4.69) is 51.7 Å². The van der Waals surface area contributed by atoms with E-state index in [1.807, 2.05) is 12.3 Å². The maximum atomic E-state index is 12.0. The molecule has 1 unspecified atom stereocenters. The van der Waals surface area contributed by atoms with Crippen molar-refractivity contribution in [1.29, 1.82) is 0 Å². The van der Waals surface area contributed by atoms with Crippen LogP contribution in [0.2, 0.25) is 0 Å². The smallest absolute Gasteiger partial charge is 0.261 e. The zero-order valence-corrected chi connectivity index (χ0v) is 21.1. The number of amides is 1. The standard InChI is InChI=1S/C27H29N7O3/c1-27(21-8-9-21,26-31-25(37-32-26)19-14-30-34(15-19)16-23(35)33(2)3)20-6-4-17(5-7-20)18-12-22-24(29-13-18)28-10-11-36-22/h4-7,12-15,21H,8-11,16H2,1-3H3,(H,28,29). The normalized spacial score (nSPS) is 16.3. The molecule has 0 radical (unpaired) electrons. The molecule has 1 atom stereocenters. The highest BCUT2D eigenvalue weighted by Crippen LogP contribution is 2.50. The quantitative estimate of drug-likeness (QED) is 0.411. The number of ether oxygens (including phenoxy) is 1. The number of nitrogens with one attached hydrogen (secondary N) is 1. The first-order chi connectivity index (χ1) is 17.9. The summed E-state index contributed by atoms with van der Waals surface area (Å²) in [5.74, 6) is 3.02. The lowest BCUT2D eigenvalue weighted by Crippen LogP contribution is -2.28. The van der Waals surface area contributed by atoms with Gasteiger partial charge in [-0.1, -0.05) is 29.4 Å². The third-order valence-corrected chi connectivity index (χ3v) is 7.28. The zero-order valence-electron chi connectivity index (χ0n) is 21.1. The molecule has 4 heterocycles. The second kappa shape index (κ2) is 9.02. The van der Waals surface area contributed by atoms with Crippen LogP contribution >= 0.6 is 0 Å². The minimum atomic E-state index is -0.377. The van der Waals surface area contributed by atoms with Gasteiger partial charge in [0.1, 0.15) is 13.2 Å². The SMILES string of the molecule is CN(C)C(=O)Cn1cc(-c2nc(C(C)(c3ccc(-c4cnc5c(c4)OCCN5)cc3)C3CC3)no2)cn1. The van der Waals surface area contributed by atoms with Gasteiger partial charge >= 0.3 is 0 Å². The Labute approximate surface area is 214 Å². The van der Waals surface area contributed by atoms with Crippen LogP contribution in [0.15, 0.2) is 53.4 Å². The van der Waals surface area contributed by atoms with Crippen LogP contribution in [0.25, 0.3) is 22.6 Å². The predicted octanol–water partition coefficient (Wildman–Crippen LogP) is 3.60. The Kier molecular flexibility index (Phi) is 5.66. The van der Waals surface area contributed by atoms with Crippen molar-refractivity contribution in [2.24, 2.45) is 5.92 Å². The highest BCUT2D eigenvalue weighted by Gasteiger charge is 2.47. The van der Waals surface area contributed by atoms with E-state index in [4.69, 9.17) is 14.2 Å². The summed E-state index contributed by atoms with van der Waals surface area (Å²) in [5, 5.41) is 11.9. The van der Waals surface area contributed by atoms with Crippen molar-refractivity contribution in [3.63, 3.8) is 0 Å². The minimum absolute atomic E-state index is 0.0408. The molecule has 1 N–H and O–H groups in total. The van der Waals surface area contributed by atoms with Gasteiger partial charge in [-0.25, -0.2) is 4.98 Å². The highest BCUT2D eigenvalue weighted by molar-refractivity contribution is 5.75. The fourth-order valence-corrected chi connectivity index (χ4v) is 4.78. The Morgan fingerprint density at radius 3 is 2.73 bits per heavy atom. The summed E-state index contributed by atoms with van der Waals surface area (Å²) >= 11 is 0. The number of hydrogen-bond acceptors (Lipinski definition) is 8. The van der Waals surface area contributed by atoms with Gasteiger partial charge in [-0.3, -0.25) is 9.48 Å². The van der Waals surface area contributed by atoms with E-state index in [1.165, 1.54) is 4.90 Å². The largest absolute Gasteiger partial charge is 0.488 e. The molecule has 0 spiro atoms. The van der Waals surface area contributed by atoms with E-state index in [-0.39, 0.29) is 17.9 Å². The first kappa shape index (κ1) is 23.2. The van der Waals surface area contributed by atoms with Gasteiger partial charge in [0.2, 0.25) is 5.91 Å². The fourth-order valence-electron chi connectivity index (χ4n) is 4.78. The van der Waals surface area contributed by atoms with Gasteiger partial charge in [-0.15, -0.1) is 0 Å². The summed E-state index contributed by atoms with van der Waals surface area (Å²) < 4.78 is 13.0.